The van der Waals surface area contributed by atoms with Crippen LogP contribution >= 0.6 is 0 Å². The van der Waals surface area contributed by atoms with E-state index in [2.05, 4.69) is 0 Å². The highest BCUT2D eigenvalue weighted by atomic mass is 19.1. The van der Waals surface area contributed by atoms with E-state index in [4.69, 9.17) is 11.5 Å². The van der Waals surface area contributed by atoms with Gasteiger partial charge in [0.25, 0.3) is 0 Å². The standard InChI is InChI=1S/C10H15FN2/c1-6(2)10(13)8-5-7(11)3-4-9(8)12/h3-6,10H,12-13H2,1-2H3. The van der Waals surface area contributed by atoms with E-state index in [9.17, 15) is 4.39 Å². The average Bonchev–Trinajstić information content (AvgIpc) is 2.08. The van der Waals surface area contributed by atoms with Gasteiger partial charge in [0.15, 0.2) is 0 Å². The molecule has 1 unspecified atom stereocenters. The lowest BCUT2D eigenvalue weighted by atomic mass is 9.96. The number of nitrogens with two attached hydrogens (primary N) is 2. The molecule has 0 amide bonds. The molecule has 72 valence electrons. The van der Waals surface area contributed by atoms with Crippen molar-refractivity contribution in [2.24, 2.45) is 11.7 Å². The first-order chi connectivity index (χ1) is 6.02. The maximum Gasteiger partial charge on any atom is 0.123 e. The zero-order chi connectivity index (χ0) is 10.0. The predicted molar refractivity (Wildman–Crippen MR) is 52.6 cm³/mol. The van der Waals surface area contributed by atoms with E-state index >= 15 is 0 Å². The van der Waals surface area contributed by atoms with Crippen molar-refractivity contribution in [1.29, 1.82) is 0 Å². The van der Waals surface area contributed by atoms with Crippen LogP contribution in [-0.4, -0.2) is 0 Å². The molecule has 0 saturated heterocycles. The summed E-state index contributed by atoms with van der Waals surface area (Å²) < 4.78 is 12.9. The third-order valence-electron chi connectivity index (χ3n) is 2.13. The van der Waals surface area contributed by atoms with Gasteiger partial charge in [0.05, 0.1) is 0 Å². The molecular weight excluding hydrogens is 167 g/mol. The Balaban J connectivity index is 3.05. The first-order valence-corrected chi connectivity index (χ1v) is 4.33. The van der Waals surface area contributed by atoms with E-state index in [1.165, 1.54) is 12.1 Å². The molecule has 1 aromatic rings. The Morgan fingerprint density at radius 3 is 2.46 bits per heavy atom. The lowest BCUT2D eigenvalue weighted by molar-refractivity contribution is 0.511. The van der Waals surface area contributed by atoms with E-state index in [1.807, 2.05) is 13.8 Å². The molecule has 1 atom stereocenters. The van der Waals surface area contributed by atoms with Crippen LogP contribution < -0.4 is 11.5 Å². The monoisotopic (exact) mass is 182 g/mol. The van der Waals surface area contributed by atoms with Crippen molar-refractivity contribution in [3.63, 3.8) is 0 Å². The van der Waals surface area contributed by atoms with E-state index < -0.39 is 0 Å². The molecule has 13 heavy (non-hydrogen) atoms. The van der Waals surface area contributed by atoms with Crippen molar-refractivity contribution >= 4 is 5.69 Å². The van der Waals surface area contributed by atoms with Crippen molar-refractivity contribution in [1.82, 2.24) is 0 Å². The third kappa shape index (κ3) is 2.18. The molecule has 0 radical (unpaired) electrons. The molecule has 0 aromatic heterocycles. The number of hydrogen-bond donors (Lipinski definition) is 2. The topological polar surface area (TPSA) is 52.0 Å². The van der Waals surface area contributed by atoms with Crippen molar-refractivity contribution in [2.75, 3.05) is 5.73 Å². The molecule has 4 N–H and O–H groups in total. The van der Waals surface area contributed by atoms with Crippen LogP contribution in [0.15, 0.2) is 18.2 Å². The molecule has 0 aliphatic heterocycles. The highest BCUT2D eigenvalue weighted by Gasteiger charge is 2.13. The van der Waals surface area contributed by atoms with Gasteiger partial charge >= 0.3 is 0 Å². The van der Waals surface area contributed by atoms with Crippen LogP contribution in [0.5, 0.6) is 0 Å². The molecule has 1 aromatic carbocycles. The number of anilines is 1. The summed E-state index contributed by atoms with van der Waals surface area (Å²) in [5.41, 5.74) is 12.8. The second kappa shape index (κ2) is 3.75. The quantitative estimate of drug-likeness (QED) is 0.688. The Morgan fingerprint density at radius 2 is 1.92 bits per heavy atom. The molecule has 0 spiro atoms. The molecule has 3 heteroatoms. The minimum atomic E-state index is -0.291. The van der Waals surface area contributed by atoms with E-state index in [-0.39, 0.29) is 17.8 Å². The summed E-state index contributed by atoms with van der Waals surface area (Å²) in [4.78, 5) is 0. The Labute approximate surface area is 77.7 Å². The predicted octanol–water partition coefficient (Wildman–Crippen LogP) is 2.06. The SMILES string of the molecule is CC(C)C(N)c1cc(F)ccc1N. The van der Waals surface area contributed by atoms with Crippen LogP contribution in [0.25, 0.3) is 0 Å². The van der Waals surface area contributed by atoms with Gasteiger partial charge in [-0.3, -0.25) is 0 Å². The van der Waals surface area contributed by atoms with Gasteiger partial charge in [0, 0.05) is 11.7 Å². The minimum Gasteiger partial charge on any atom is -0.398 e. The van der Waals surface area contributed by atoms with Gasteiger partial charge in [-0.05, 0) is 29.7 Å². The summed E-state index contributed by atoms with van der Waals surface area (Å²) in [6, 6.07) is 4.09. The number of hydrogen-bond acceptors (Lipinski definition) is 2. The van der Waals surface area contributed by atoms with Crippen LogP contribution in [0.1, 0.15) is 25.5 Å². The Kier molecular flexibility index (Phi) is 2.88. The van der Waals surface area contributed by atoms with Crippen molar-refractivity contribution in [2.45, 2.75) is 19.9 Å². The summed E-state index contributed by atoms with van der Waals surface area (Å²) in [5, 5.41) is 0. The Bertz CT molecular complexity index is 297. The number of halogens is 1. The summed E-state index contributed by atoms with van der Waals surface area (Å²) in [6.45, 7) is 3.96. The van der Waals surface area contributed by atoms with Crippen LogP contribution in [-0.2, 0) is 0 Å². The Morgan fingerprint density at radius 1 is 1.31 bits per heavy atom. The fourth-order valence-electron chi connectivity index (χ4n) is 1.19. The molecule has 1 rings (SSSR count). The van der Waals surface area contributed by atoms with E-state index in [0.29, 0.717) is 11.3 Å². The summed E-state index contributed by atoms with van der Waals surface area (Å²) in [5.74, 6) is -0.0376. The molecular formula is C10H15FN2. The molecule has 0 aliphatic rings. The van der Waals surface area contributed by atoms with Crippen LogP contribution in [0, 0.1) is 11.7 Å². The fourth-order valence-corrected chi connectivity index (χ4v) is 1.19. The number of rotatable bonds is 2. The highest BCUT2D eigenvalue weighted by molar-refractivity contribution is 5.48. The largest absolute Gasteiger partial charge is 0.398 e. The lowest BCUT2D eigenvalue weighted by Gasteiger charge is -2.17. The molecule has 0 bridgehead atoms. The lowest BCUT2D eigenvalue weighted by Crippen LogP contribution is -2.18. The average molecular weight is 182 g/mol. The van der Waals surface area contributed by atoms with Gasteiger partial charge in [-0.15, -0.1) is 0 Å². The van der Waals surface area contributed by atoms with Crippen LogP contribution in [0.3, 0.4) is 0 Å². The van der Waals surface area contributed by atoms with Crippen LogP contribution in [0.2, 0.25) is 0 Å². The third-order valence-corrected chi connectivity index (χ3v) is 2.13. The number of benzene rings is 1. The maximum absolute atomic E-state index is 12.9. The van der Waals surface area contributed by atoms with Crippen LogP contribution in [0.4, 0.5) is 10.1 Å². The van der Waals surface area contributed by atoms with E-state index in [0.717, 1.165) is 0 Å². The van der Waals surface area contributed by atoms with Gasteiger partial charge in [0.2, 0.25) is 0 Å². The summed E-state index contributed by atoms with van der Waals surface area (Å²) >= 11 is 0. The summed E-state index contributed by atoms with van der Waals surface area (Å²) in [7, 11) is 0. The molecule has 2 nitrogen and oxygen atoms in total. The van der Waals surface area contributed by atoms with Crippen molar-refractivity contribution in [3.05, 3.63) is 29.6 Å². The van der Waals surface area contributed by atoms with Gasteiger partial charge in [-0.25, -0.2) is 4.39 Å². The maximum atomic E-state index is 12.9. The zero-order valence-corrected chi connectivity index (χ0v) is 7.92. The highest BCUT2D eigenvalue weighted by Crippen LogP contribution is 2.24. The van der Waals surface area contributed by atoms with Gasteiger partial charge < -0.3 is 11.5 Å². The molecule has 0 aliphatic carbocycles. The first-order valence-electron chi connectivity index (χ1n) is 4.33. The molecule has 0 heterocycles. The van der Waals surface area contributed by atoms with Crippen molar-refractivity contribution in [3.8, 4) is 0 Å². The first kappa shape index (κ1) is 9.99. The van der Waals surface area contributed by atoms with E-state index in [1.54, 1.807) is 6.07 Å². The normalized spacial score (nSPS) is 13.3. The van der Waals surface area contributed by atoms with Gasteiger partial charge in [-0.1, -0.05) is 13.8 Å². The second-order valence-electron chi connectivity index (χ2n) is 3.54. The van der Waals surface area contributed by atoms with Crippen molar-refractivity contribution < 1.29 is 4.39 Å². The smallest absolute Gasteiger partial charge is 0.123 e. The van der Waals surface area contributed by atoms with Gasteiger partial charge in [-0.2, -0.15) is 0 Å². The summed E-state index contributed by atoms with van der Waals surface area (Å²) in [6.07, 6.45) is 0. The molecule has 0 saturated carbocycles. The van der Waals surface area contributed by atoms with Gasteiger partial charge in [0.1, 0.15) is 5.82 Å². The number of nitrogen functional groups attached to an aromatic ring is 1. The second-order valence-corrected chi connectivity index (χ2v) is 3.54. The fraction of sp³-hybridized carbons (Fsp3) is 0.400. The zero-order valence-electron chi connectivity index (χ0n) is 7.92. The molecule has 0 fully saturated rings. The Hall–Kier alpha value is -1.09. The minimum absolute atomic E-state index is 0.198.